The maximum atomic E-state index is 14.8. The number of rotatable bonds is 8. The molecule has 0 amide bonds. The number of benzene rings is 7. The second kappa shape index (κ2) is 17.3. The fourth-order valence-corrected chi connectivity index (χ4v) is 8.49. The average Bonchev–Trinajstić information content (AvgIpc) is 3.22. The molecule has 0 aliphatic heterocycles. The van der Waals surface area contributed by atoms with Gasteiger partial charge in [0.05, 0.1) is 22.1 Å². The van der Waals surface area contributed by atoms with Crippen LogP contribution in [0.2, 0.25) is 5.02 Å². The molecule has 2 nitrogen and oxygen atoms in total. The van der Waals surface area contributed by atoms with Crippen LogP contribution in [0.5, 0.6) is 0 Å². The summed E-state index contributed by atoms with van der Waals surface area (Å²) in [6.07, 6.45) is 0. The largest absolute Gasteiger partial charge is 0.309 e. The number of hydrogen-bond donors (Lipinski definition) is 0. The van der Waals surface area contributed by atoms with Crippen molar-refractivity contribution >= 4 is 45.7 Å². The molecule has 330 valence electrons. The molecule has 0 saturated heterocycles. The molecule has 5 heteroatoms. The van der Waals surface area contributed by atoms with Gasteiger partial charge in [-0.2, -0.15) is 0 Å². The molecule has 0 spiro atoms. The van der Waals surface area contributed by atoms with Crippen LogP contribution in [0.15, 0.2) is 146 Å². The van der Waals surface area contributed by atoms with E-state index in [0.717, 1.165) is 67.5 Å². The van der Waals surface area contributed by atoms with Gasteiger partial charge < -0.3 is 9.80 Å². The van der Waals surface area contributed by atoms with E-state index in [1.165, 1.54) is 41.0 Å². The zero-order chi connectivity index (χ0) is 46.5. The Morgan fingerprint density at radius 3 is 0.984 bits per heavy atom. The van der Waals surface area contributed by atoms with Crippen LogP contribution in [0.4, 0.5) is 42.9 Å². The van der Waals surface area contributed by atoms with E-state index in [9.17, 15) is 8.78 Å². The second-order valence-corrected chi connectivity index (χ2v) is 21.7. The number of hydrogen-bond acceptors (Lipinski definition) is 2. The Balaban J connectivity index is 1.60. The Kier molecular flexibility index (Phi) is 12.5. The summed E-state index contributed by atoms with van der Waals surface area (Å²) in [5, 5.41) is 0.542. The van der Waals surface area contributed by atoms with Crippen LogP contribution >= 0.6 is 11.6 Å². The Morgan fingerprint density at radius 2 is 0.672 bits per heavy atom. The number of aryl methyl sites for hydroxylation is 1. The van der Waals surface area contributed by atoms with E-state index in [2.05, 4.69) is 197 Å². The Morgan fingerprint density at radius 1 is 0.375 bits per heavy atom. The Bertz CT molecular complexity index is 2620. The number of halogens is 3. The molecule has 0 fully saturated rings. The number of nitrogens with zero attached hydrogens (tertiary/aromatic N) is 2. The highest BCUT2D eigenvalue weighted by Gasteiger charge is 2.30. The third kappa shape index (κ3) is 9.83. The zero-order valence-corrected chi connectivity index (χ0v) is 40.6. The third-order valence-corrected chi connectivity index (χ3v) is 12.5. The summed E-state index contributed by atoms with van der Waals surface area (Å²) in [4.78, 5) is 4.50. The molecule has 0 bridgehead atoms. The van der Waals surface area contributed by atoms with Crippen LogP contribution in [0, 0.1) is 18.6 Å². The van der Waals surface area contributed by atoms with Gasteiger partial charge in [0.2, 0.25) is 0 Å². The summed E-state index contributed by atoms with van der Waals surface area (Å²) in [6, 6.07) is 48.4. The maximum Gasteiger partial charge on any atom is 0.123 e. The summed E-state index contributed by atoms with van der Waals surface area (Å²) < 4.78 is 29.5. The van der Waals surface area contributed by atoms with Crippen molar-refractivity contribution in [2.75, 3.05) is 9.80 Å². The van der Waals surface area contributed by atoms with Gasteiger partial charge in [-0.15, -0.1) is 0 Å². The summed E-state index contributed by atoms with van der Waals surface area (Å²) >= 11 is 8.04. The van der Waals surface area contributed by atoms with Crippen molar-refractivity contribution in [3.05, 3.63) is 190 Å². The highest BCUT2D eigenvalue weighted by atomic mass is 35.5. The zero-order valence-electron chi connectivity index (χ0n) is 39.9. The van der Waals surface area contributed by atoms with Crippen LogP contribution in [0.25, 0.3) is 22.3 Å². The first-order valence-electron chi connectivity index (χ1n) is 22.3. The fraction of sp³-hybridized carbons (Fsp3) is 0.288. The summed E-state index contributed by atoms with van der Waals surface area (Å²) in [6.45, 7) is 28.7. The molecule has 7 aromatic rings. The van der Waals surface area contributed by atoms with Crippen molar-refractivity contribution in [2.45, 2.75) is 112 Å². The van der Waals surface area contributed by atoms with Crippen molar-refractivity contribution in [1.82, 2.24) is 0 Å². The molecule has 7 aromatic carbocycles. The minimum absolute atomic E-state index is 0.0259. The SMILES string of the molecule is Cc1cc(N(c2ccc(C(C)(C)C)cc2)c2ccc(C(C)(C)C)cc2)c(Cl)c(N(c2ccc(C(C)(C)C)cc2)c2c(-c3ccc(F)cc3)cc(C(C)(C)C)cc2-c2ccc(F)cc2)c1. The van der Waals surface area contributed by atoms with Gasteiger partial charge in [0, 0.05) is 28.2 Å². The van der Waals surface area contributed by atoms with Crippen molar-refractivity contribution in [3.63, 3.8) is 0 Å². The molecule has 0 atom stereocenters. The lowest BCUT2D eigenvalue weighted by Crippen LogP contribution is -2.18. The van der Waals surface area contributed by atoms with Crippen LogP contribution < -0.4 is 9.80 Å². The molecule has 0 radical (unpaired) electrons. The van der Waals surface area contributed by atoms with E-state index in [4.69, 9.17) is 11.6 Å². The molecule has 0 N–H and O–H groups in total. The van der Waals surface area contributed by atoms with Crippen molar-refractivity contribution in [1.29, 1.82) is 0 Å². The maximum absolute atomic E-state index is 14.8. The molecule has 0 heterocycles. The molecule has 0 aromatic heterocycles. The third-order valence-electron chi connectivity index (χ3n) is 12.1. The van der Waals surface area contributed by atoms with Gasteiger partial charge in [-0.05, 0) is 152 Å². The molecule has 0 unspecified atom stereocenters. The topological polar surface area (TPSA) is 6.48 Å². The van der Waals surface area contributed by atoms with E-state index in [1.54, 1.807) is 0 Å². The smallest absolute Gasteiger partial charge is 0.123 e. The number of anilines is 6. The minimum atomic E-state index is -0.316. The van der Waals surface area contributed by atoms with Crippen LogP contribution in [-0.4, -0.2) is 0 Å². The lowest BCUT2D eigenvalue weighted by Gasteiger charge is -2.35. The van der Waals surface area contributed by atoms with E-state index < -0.39 is 0 Å². The van der Waals surface area contributed by atoms with Gasteiger partial charge in [-0.25, -0.2) is 8.78 Å². The van der Waals surface area contributed by atoms with Crippen molar-refractivity contribution in [2.24, 2.45) is 0 Å². The molecular weight excluding hydrogens is 810 g/mol. The van der Waals surface area contributed by atoms with Gasteiger partial charge in [-0.1, -0.05) is 155 Å². The van der Waals surface area contributed by atoms with E-state index in [1.807, 2.05) is 24.3 Å². The van der Waals surface area contributed by atoms with E-state index in [-0.39, 0.29) is 33.3 Å². The van der Waals surface area contributed by atoms with E-state index in [0.29, 0.717) is 5.02 Å². The van der Waals surface area contributed by atoms with Crippen molar-refractivity contribution in [3.8, 4) is 22.3 Å². The highest BCUT2D eigenvalue weighted by molar-refractivity contribution is 6.37. The molecule has 64 heavy (non-hydrogen) atoms. The Labute approximate surface area is 386 Å². The quantitative estimate of drug-likeness (QED) is 0.150. The fourth-order valence-electron chi connectivity index (χ4n) is 8.21. The molecule has 0 saturated carbocycles. The summed E-state index contributed by atoms with van der Waals surface area (Å²) in [5.41, 5.74) is 14.1. The lowest BCUT2D eigenvalue weighted by molar-refractivity contribution is 0.590. The summed E-state index contributed by atoms with van der Waals surface area (Å²) in [5.74, 6) is -0.633. The van der Waals surface area contributed by atoms with Gasteiger partial charge >= 0.3 is 0 Å². The van der Waals surface area contributed by atoms with Gasteiger partial charge in [-0.3, -0.25) is 0 Å². The molecular formula is C59H63ClF2N2. The normalized spacial score (nSPS) is 12.4. The minimum Gasteiger partial charge on any atom is -0.309 e. The highest BCUT2D eigenvalue weighted by Crippen LogP contribution is 2.53. The standard InChI is InChI=1S/C59H63ClF2N2/c1-38-34-52(63(47-28-18-41(19-29-47)56(2,3)4)48-30-20-42(21-31-48)57(5,6)7)54(60)53(35-38)64(49-32-22-43(23-33-49)58(8,9)10)55-50(39-14-24-45(61)25-15-39)36-44(59(11,12)13)37-51(55)40-16-26-46(62)27-17-40/h14-37H,1-13H3. The van der Waals surface area contributed by atoms with Crippen LogP contribution in [0.1, 0.15) is 111 Å². The lowest BCUT2D eigenvalue weighted by atomic mass is 9.81. The van der Waals surface area contributed by atoms with Crippen LogP contribution in [-0.2, 0) is 21.7 Å². The predicted octanol–water partition coefficient (Wildman–Crippen LogP) is 18.4. The van der Waals surface area contributed by atoms with Gasteiger partial charge in [0.25, 0.3) is 0 Å². The first kappa shape index (κ1) is 46.3. The molecule has 0 aliphatic rings. The molecule has 7 rings (SSSR count). The van der Waals surface area contributed by atoms with Gasteiger partial charge in [0.1, 0.15) is 11.6 Å². The monoisotopic (exact) mass is 872 g/mol. The van der Waals surface area contributed by atoms with Gasteiger partial charge in [0.15, 0.2) is 0 Å². The average molecular weight is 874 g/mol. The Hall–Kier alpha value is -5.71. The summed E-state index contributed by atoms with van der Waals surface area (Å²) in [7, 11) is 0. The molecule has 0 aliphatic carbocycles. The predicted molar refractivity (Wildman–Crippen MR) is 271 cm³/mol. The van der Waals surface area contributed by atoms with Crippen LogP contribution in [0.3, 0.4) is 0 Å². The van der Waals surface area contributed by atoms with E-state index >= 15 is 0 Å². The second-order valence-electron chi connectivity index (χ2n) is 21.4. The first-order chi connectivity index (χ1) is 29.9. The van der Waals surface area contributed by atoms with Crippen molar-refractivity contribution < 1.29 is 8.78 Å². The first-order valence-corrected chi connectivity index (χ1v) is 22.7.